The van der Waals surface area contributed by atoms with Crippen LogP contribution in [0.2, 0.25) is 0 Å². The normalized spacial score (nSPS) is 11.0. The molecule has 0 aliphatic heterocycles. The van der Waals surface area contributed by atoms with Gasteiger partial charge in [0.2, 0.25) is 0 Å². The number of pyridine rings is 1. The van der Waals surface area contributed by atoms with Gasteiger partial charge >= 0.3 is 12.1 Å². The molecule has 12 heteroatoms. The van der Waals surface area contributed by atoms with Gasteiger partial charge in [-0.25, -0.2) is 9.78 Å². The summed E-state index contributed by atoms with van der Waals surface area (Å²) < 4.78 is 16.4. The van der Waals surface area contributed by atoms with Crippen molar-refractivity contribution in [3.63, 3.8) is 0 Å². The Morgan fingerprint density at radius 1 is 1.07 bits per heavy atom. The zero-order valence-electron chi connectivity index (χ0n) is 27.3. The lowest BCUT2D eigenvalue weighted by Crippen LogP contribution is -2.36. The summed E-state index contributed by atoms with van der Waals surface area (Å²) >= 11 is 0. The Labute approximate surface area is 269 Å². The number of nitrogens with one attached hydrogen (secondary N) is 4. The maximum Gasteiger partial charge on any atom is 0.413 e. The Morgan fingerprint density at radius 2 is 1.78 bits per heavy atom. The molecule has 46 heavy (non-hydrogen) atoms. The van der Waals surface area contributed by atoms with Gasteiger partial charge < -0.3 is 30.6 Å². The Hall–Kier alpha value is -4.97. The maximum absolute atomic E-state index is 13.3. The number of alkyl carbamates (subject to hydrolysis) is 1. The summed E-state index contributed by atoms with van der Waals surface area (Å²) in [4.78, 5) is 41.9. The van der Waals surface area contributed by atoms with Gasteiger partial charge in [0, 0.05) is 37.0 Å². The van der Waals surface area contributed by atoms with Gasteiger partial charge in [0.05, 0.1) is 18.3 Å². The van der Waals surface area contributed by atoms with E-state index in [4.69, 9.17) is 25.4 Å². The zero-order valence-corrected chi connectivity index (χ0v) is 27.3. The highest BCUT2D eigenvalue weighted by molar-refractivity contribution is 6.08. The molecule has 2 amide bonds. The Kier molecular flexibility index (Phi) is 12.6. The second-order valence-corrected chi connectivity index (χ2v) is 11.7. The minimum Gasteiger partial charge on any atom is -0.491 e. The number of amides is 2. The number of esters is 1. The first-order valence-electron chi connectivity index (χ1n) is 15.2. The lowest BCUT2D eigenvalue weighted by Gasteiger charge is -2.20. The molecule has 6 N–H and O–H groups in total. The summed E-state index contributed by atoms with van der Waals surface area (Å²) in [6.45, 7) is 11.7. The first-order valence-corrected chi connectivity index (χ1v) is 15.2. The number of hydrogen-bond donors (Lipinski definition) is 5. The quantitative estimate of drug-likeness (QED) is 0.0920. The van der Waals surface area contributed by atoms with Gasteiger partial charge in [-0.05, 0) is 107 Å². The molecular weight excluding hydrogens is 588 g/mol. The minimum atomic E-state index is -0.726. The second kappa shape index (κ2) is 16.4. The van der Waals surface area contributed by atoms with Crippen LogP contribution in [-0.2, 0) is 33.8 Å². The second-order valence-electron chi connectivity index (χ2n) is 11.7. The van der Waals surface area contributed by atoms with Gasteiger partial charge in [-0.3, -0.25) is 20.3 Å². The van der Waals surface area contributed by atoms with E-state index in [-0.39, 0.29) is 24.3 Å². The number of nitrogens with two attached hydrogens (primary N) is 1. The molecule has 246 valence electrons. The van der Waals surface area contributed by atoms with E-state index in [1.165, 1.54) is 0 Å². The minimum absolute atomic E-state index is 0.0952. The summed E-state index contributed by atoms with van der Waals surface area (Å²) in [7, 11) is 0. The lowest BCUT2D eigenvalue weighted by atomic mass is 9.98. The highest BCUT2D eigenvalue weighted by Crippen LogP contribution is 2.29. The molecule has 0 radical (unpaired) electrons. The van der Waals surface area contributed by atoms with Crippen LogP contribution in [0.25, 0.3) is 0 Å². The average molecular weight is 633 g/mol. The van der Waals surface area contributed by atoms with Crippen molar-refractivity contribution in [2.45, 2.75) is 79.2 Å². The number of anilines is 2. The predicted molar refractivity (Wildman–Crippen MR) is 177 cm³/mol. The summed E-state index contributed by atoms with van der Waals surface area (Å²) in [6.07, 6.45) is 1.35. The van der Waals surface area contributed by atoms with E-state index in [1.807, 2.05) is 26.0 Å². The van der Waals surface area contributed by atoms with Crippen LogP contribution < -0.4 is 26.4 Å². The van der Waals surface area contributed by atoms with Gasteiger partial charge in [0.15, 0.2) is 0 Å². The Morgan fingerprint density at radius 3 is 2.41 bits per heavy atom. The fourth-order valence-electron chi connectivity index (χ4n) is 4.45. The standard InChI is InChI=1S/C34H44N6O6/c1-7-44-29(41)15-14-26-24(17-22(19-35)18-28(26)45-21(2)3)20-38-31-27(9-8-16-37-31)32(42)39-25-12-10-23(11-13-25)30(36)40-33(43)46-34(4,5)6/h8-13,16-18,21H,7,14-15,19-20,35H2,1-6H3,(H,37,38)(H,39,42)(H2,36,40,43). The van der Waals surface area contributed by atoms with Crippen LogP contribution in [0.3, 0.4) is 0 Å². The van der Waals surface area contributed by atoms with Crippen LogP contribution in [0.5, 0.6) is 5.75 Å². The summed E-state index contributed by atoms with van der Waals surface area (Å²) in [6, 6.07) is 13.7. The van der Waals surface area contributed by atoms with E-state index in [0.29, 0.717) is 54.5 Å². The van der Waals surface area contributed by atoms with Gasteiger partial charge in [0.1, 0.15) is 23.0 Å². The first-order chi connectivity index (χ1) is 21.8. The first kappa shape index (κ1) is 35.5. The molecule has 1 heterocycles. The Balaban J connectivity index is 1.77. The molecule has 0 aliphatic carbocycles. The third-order valence-electron chi connectivity index (χ3n) is 6.40. The van der Waals surface area contributed by atoms with E-state index in [0.717, 1.165) is 16.7 Å². The summed E-state index contributed by atoms with van der Waals surface area (Å²) in [5.74, 6) is 0.185. The van der Waals surface area contributed by atoms with Crippen molar-refractivity contribution in [1.82, 2.24) is 10.3 Å². The fourth-order valence-corrected chi connectivity index (χ4v) is 4.45. The monoisotopic (exact) mass is 632 g/mol. The van der Waals surface area contributed by atoms with Gasteiger partial charge in [-0.2, -0.15) is 0 Å². The molecule has 0 fully saturated rings. The van der Waals surface area contributed by atoms with E-state index >= 15 is 0 Å². The molecule has 2 aromatic carbocycles. The third-order valence-corrected chi connectivity index (χ3v) is 6.40. The zero-order chi connectivity index (χ0) is 33.9. The van der Waals surface area contributed by atoms with Crippen molar-refractivity contribution >= 4 is 35.3 Å². The molecule has 0 saturated heterocycles. The number of carbonyl (C=O) groups excluding carboxylic acids is 3. The third kappa shape index (κ3) is 10.9. The number of hydrogen-bond acceptors (Lipinski definition) is 10. The van der Waals surface area contributed by atoms with Gasteiger partial charge in [-0.1, -0.05) is 6.07 Å². The average Bonchev–Trinajstić information content (AvgIpc) is 2.98. The number of aromatic nitrogens is 1. The van der Waals surface area contributed by atoms with Crippen LogP contribution in [0.4, 0.5) is 16.3 Å². The molecule has 1 aromatic heterocycles. The van der Waals surface area contributed by atoms with E-state index in [1.54, 1.807) is 70.3 Å². The number of benzene rings is 2. The molecule has 0 saturated carbocycles. The number of ether oxygens (including phenoxy) is 3. The van der Waals surface area contributed by atoms with E-state index < -0.39 is 17.6 Å². The molecule has 0 spiro atoms. The van der Waals surface area contributed by atoms with Crippen molar-refractivity contribution in [3.05, 3.63) is 82.5 Å². The van der Waals surface area contributed by atoms with Crippen molar-refractivity contribution in [2.75, 3.05) is 17.2 Å². The van der Waals surface area contributed by atoms with Gasteiger partial charge in [0.25, 0.3) is 5.91 Å². The predicted octanol–water partition coefficient (Wildman–Crippen LogP) is 5.54. The van der Waals surface area contributed by atoms with Crippen LogP contribution in [-0.4, -0.2) is 47.1 Å². The van der Waals surface area contributed by atoms with Gasteiger partial charge in [-0.15, -0.1) is 0 Å². The molecule has 12 nitrogen and oxygen atoms in total. The molecule has 3 aromatic rings. The number of carbonyl (C=O) groups is 3. The molecule has 0 bridgehead atoms. The van der Waals surface area contributed by atoms with Crippen molar-refractivity contribution in [3.8, 4) is 5.75 Å². The van der Waals surface area contributed by atoms with Crippen LogP contribution in [0.1, 0.15) is 80.6 Å². The molecule has 0 unspecified atom stereocenters. The molecule has 0 atom stereocenters. The molecule has 3 rings (SSSR count). The smallest absolute Gasteiger partial charge is 0.413 e. The maximum atomic E-state index is 13.3. The van der Waals surface area contributed by atoms with Crippen LogP contribution in [0, 0.1) is 5.41 Å². The summed E-state index contributed by atoms with van der Waals surface area (Å²) in [5.41, 5.74) is 9.11. The highest BCUT2D eigenvalue weighted by atomic mass is 16.6. The van der Waals surface area contributed by atoms with Crippen molar-refractivity contribution in [2.24, 2.45) is 5.73 Å². The van der Waals surface area contributed by atoms with E-state index in [9.17, 15) is 14.4 Å². The van der Waals surface area contributed by atoms with Crippen molar-refractivity contribution in [1.29, 1.82) is 5.41 Å². The Bertz CT molecular complexity index is 1530. The van der Waals surface area contributed by atoms with Crippen molar-refractivity contribution < 1.29 is 28.6 Å². The van der Waals surface area contributed by atoms with Crippen LogP contribution in [0.15, 0.2) is 54.7 Å². The number of nitrogens with zero attached hydrogens (tertiary/aromatic N) is 1. The van der Waals surface area contributed by atoms with Crippen LogP contribution >= 0.6 is 0 Å². The highest BCUT2D eigenvalue weighted by Gasteiger charge is 2.19. The van der Waals surface area contributed by atoms with E-state index in [2.05, 4.69) is 20.9 Å². The largest absolute Gasteiger partial charge is 0.491 e. The molecule has 0 aliphatic rings. The summed E-state index contributed by atoms with van der Waals surface area (Å²) in [5, 5.41) is 16.7. The lowest BCUT2D eigenvalue weighted by molar-refractivity contribution is -0.143. The SMILES string of the molecule is CCOC(=O)CCc1c(CNc2ncccc2C(=O)Nc2ccc(C(=N)NC(=O)OC(C)(C)C)cc2)cc(CN)cc1OC(C)C. The topological polar surface area (TPSA) is 178 Å². The fraction of sp³-hybridized carbons (Fsp3) is 0.382. The number of rotatable bonds is 13. The number of amidine groups is 1. The molecular formula is C34H44N6O6.